The van der Waals surface area contributed by atoms with E-state index in [2.05, 4.69) is 9.98 Å². The quantitative estimate of drug-likeness (QED) is 0.867. The third-order valence-electron chi connectivity index (χ3n) is 4.52. The summed E-state index contributed by atoms with van der Waals surface area (Å²) >= 11 is 0. The van der Waals surface area contributed by atoms with E-state index in [0.717, 1.165) is 11.1 Å². The molecule has 0 spiro atoms. The maximum atomic E-state index is 11.1. The molecule has 0 saturated heterocycles. The second kappa shape index (κ2) is 7.39. The molecule has 1 unspecified atom stereocenters. The van der Waals surface area contributed by atoms with Gasteiger partial charge in [0, 0.05) is 6.21 Å². The number of aliphatic imine (C=N–C) groups is 2. The van der Waals surface area contributed by atoms with Crippen LogP contribution in [0.15, 0.2) is 52.4 Å². The maximum Gasteiger partial charge on any atom is 0.335 e. The number of nitrogens with zero attached hydrogens (tertiary/aromatic N) is 2. The molecule has 0 saturated carbocycles. The predicted octanol–water partition coefficient (Wildman–Crippen LogP) is 3.00. The standard InChI is InChI=1S/C20H20N2O4/c1-25-17-8-7-16(9-18(17)26-2)20(11-21-13-22-12-20)10-14-3-5-15(6-4-14)19(23)24/h3-9,11,13H,10,12H2,1-2H3,(H,23,24). The Labute approximate surface area is 151 Å². The number of carbonyl (C=O) groups is 1. The fourth-order valence-corrected chi connectivity index (χ4v) is 3.11. The number of carboxylic acid groups (broad SMARTS) is 1. The molecule has 0 fully saturated rings. The van der Waals surface area contributed by atoms with Crippen LogP contribution in [0.25, 0.3) is 0 Å². The molecule has 0 bridgehead atoms. The zero-order chi connectivity index (χ0) is 18.6. The van der Waals surface area contributed by atoms with Crippen molar-refractivity contribution < 1.29 is 19.4 Å². The third kappa shape index (κ3) is 3.44. The first-order chi connectivity index (χ1) is 12.6. The summed E-state index contributed by atoms with van der Waals surface area (Å²) in [4.78, 5) is 19.7. The third-order valence-corrected chi connectivity index (χ3v) is 4.52. The number of hydrogen-bond donors (Lipinski definition) is 1. The van der Waals surface area contributed by atoms with E-state index >= 15 is 0 Å². The summed E-state index contributed by atoms with van der Waals surface area (Å²) in [7, 11) is 3.20. The first-order valence-corrected chi connectivity index (χ1v) is 8.15. The van der Waals surface area contributed by atoms with Crippen molar-refractivity contribution in [3.63, 3.8) is 0 Å². The molecule has 2 aromatic carbocycles. The molecule has 1 aliphatic heterocycles. The van der Waals surface area contributed by atoms with Crippen molar-refractivity contribution in [3.8, 4) is 11.5 Å². The predicted molar refractivity (Wildman–Crippen MR) is 100 cm³/mol. The van der Waals surface area contributed by atoms with Crippen molar-refractivity contribution in [3.05, 3.63) is 59.2 Å². The van der Waals surface area contributed by atoms with Crippen molar-refractivity contribution >= 4 is 18.5 Å². The highest BCUT2D eigenvalue weighted by Gasteiger charge is 2.33. The summed E-state index contributed by atoms with van der Waals surface area (Å²) in [6.07, 6.45) is 4.09. The van der Waals surface area contributed by atoms with E-state index in [1.165, 1.54) is 0 Å². The topological polar surface area (TPSA) is 80.5 Å². The lowest BCUT2D eigenvalue weighted by Crippen LogP contribution is -2.36. The molecule has 0 amide bonds. The fourth-order valence-electron chi connectivity index (χ4n) is 3.11. The van der Waals surface area contributed by atoms with Crippen LogP contribution in [-0.4, -0.2) is 44.4 Å². The normalized spacial score (nSPS) is 18.5. The Balaban J connectivity index is 1.98. The summed E-state index contributed by atoms with van der Waals surface area (Å²) in [5.74, 6) is 0.372. The van der Waals surface area contributed by atoms with Crippen LogP contribution < -0.4 is 9.47 Å². The summed E-state index contributed by atoms with van der Waals surface area (Å²) in [6.45, 7) is 0.548. The van der Waals surface area contributed by atoms with Gasteiger partial charge < -0.3 is 14.6 Å². The van der Waals surface area contributed by atoms with Crippen LogP contribution in [0.4, 0.5) is 0 Å². The van der Waals surface area contributed by atoms with Gasteiger partial charge in [0.2, 0.25) is 0 Å². The van der Waals surface area contributed by atoms with Crippen LogP contribution in [0.3, 0.4) is 0 Å². The van der Waals surface area contributed by atoms with Gasteiger partial charge in [0.25, 0.3) is 0 Å². The maximum absolute atomic E-state index is 11.1. The number of rotatable bonds is 6. The highest BCUT2D eigenvalue weighted by molar-refractivity contribution is 5.87. The molecular weight excluding hydrogens is 332 g/mol. The van der Waals surface area contributed by atoms with Crippen molar-refractivity contribution in [2.45, 2.75) is 11.8 Å². The van der Waals surface area contributed by atoms with E-state index in [1.54, 1.807) is 32.7 Å². The largest absolute Gasteiger partial charge is 0.493 e. The molecule has 3 rings (SSSR count). The van der Waals surface area contributed by atoms with Crippen LogP contribution in [0.5, 0.6) is 11.5 Å². The molecule has 2 aromatic rings. The summed E-state index contributed by atoms with van der Waals surface area (Å²) < 4.78 is 10.8. The van der Waals surface area contributed by atoms with Crippen LogP contribution >= 0.6 is 0 Å². The lowest BCUT2D eigenvalue weighted by Gasteiger charge is -2.31. The molecule has 0 aliphatic carbocycles. The Bertz CT molecular complexity index is 859. The average molecular weight is 352 g/mol. The Kier molecular flexibility index (Phi) is 5.02. The molecule has 1 aliphatic rings. The minimum atomic E-state index is -0.935. The zero-order valence-corrected chi connectivity index (χ0v) is 14.7. The second-order valence-electron chi connectivity index (χ2n) is 6.14. The number of carboxylic acids is 1. The average Bonchev–Trinajstić information content (AvgIpc) is 2.68. The SMILES string of the molecule is COc1ccc(C2(Cc3ccc(C(=O)O)cc3)C=NC=NC2)cc1OC. The van der Waals surface area contributed by atoms with Crippen LogP contribution in [0.1, 0.15) is 21.5 Å². The van der Waals surface area contributed by atoms with Gasteiger partial charge in [-0.25, -0.2) is 9.79 Å². The Morgan fingerprint density at radius 3 is 2.42 bits per heavy atom. The summed E-state index contributed by atoms with van der Waals surface area (Å²) in [5.41, 5.74) is 1.86. The number of benzene rings is 2. The first kappa shape index (κ1) is 17.7. The van der Waals surface area contributed by atoms with Gasteiger partial charge in [-0.15, -0.1) is 0 Å². The molecule has 26 heavy (non-hydrogen) atoms. The van der Waals surface area contributed by atoms with E-state index in [-0.39, 0.29) is 5.56 Å². The van der Waals surface area contributed by atoms with Crippen molar-refractivity contribution in [1.29, 1.82) is 0 Å². The van der Waals surface area contributed by atoms with Crippen molar-refractivity contribution in [2.75, 3.05) is 20.8 Å². The molecule has 0 radical (unpaired) electrons. The van der Waals surface area contributed by atoms with Crippen LogP contribution in [0, 0.1) is 0 Å². The molecule has 134 valence electrons. The van der Waals surface area contributed by atoms with Crippen molar-refractivity contribution in [1.82, 2.24) is 0 Å². The number of aromatic carboxylic acids is 1. The van der Waals surface area contributed by atoms with Crippen LogP contribution in [-0.2, 0) is 11.8 Å². The van der Waals surface area contributed by atoms with E-state index in [0.29, 0.717) is 24.5 Å². The summed E-state index contributed by atoms with van der Waals surface area (Å²) in [5, 5.41) is 9.07. The van der Waals surface area contributed by atoms with Gasteiger partial charge in [-0.1, -0.05) is 18.2 Å². The minimum absolute atomic E-state index is 0.268. The molecule has 1 atom stereocenters. The molecule has 1 N–H and O–H groups in total. The van der Waals surface area contributed by atoms with E-state index < -0.39 is 11.4 Å². The Morgan fingerprint density at radius 2 is 1.85 bits per heavy atom. The van der Waals surface area contributed by atoms with E-state index in [1.807, 2.05) is 36.5 Å². The highest BCUT2D eigenvalue weighted by Crippen LogP contribution is 2.35. The van der Waals surface area contributed by atoms with Gasteiger partial charge >= 0.3 is 5.97 Å². The molecule has 1 heterocycles. The Hall–Kier alpha value is -3.15. The number of methoxy groups -OCH3 is 2. The lowest BCUT2D eigenvalue weighted by molar-refractivity contribution is 0.0697. The molecule has 0 aromatic heterocycles. The number of ether oxygens (including phenoxy) is 2. The smallest absolute Gasteiger partial charge is 0.335 e. The van der Waals surface area contributed by atoms with Gasteiger partial charge in [-0.3, -0.25) is 4.99 Å². The first-order valence-electron chi connectivity index (χ1n) is 8.15. The zero-order valence-electron chi connectivity index (χ0n) is 14.7. The van der Waals surface area contributed by atoms with Gasteiger partial charge in [0.1, 0.15) is 6.34 Å². The Morgan fingerprint density at radius 1 is 1.12 bits per heavy atom. The van der Waals surface area contributed by atoms with Gasteiger partial charge in [-0.2, -0.15) is 0 Å². The molecule has 6 heteroatoms. The molecular formula is C20H20N2O4. The van der Waals surface area contributed by atoms with E-state index in [9.17, 15) is 4.79 Å². The molecule has 6 nitrogen and oxygen atoms in total. The fraction of sp³-hybridized carbons (Fsp3) is 0.250. The number of hydrogen-bond acceptors (Lipinski definition) is 5. The van der Waals surface area contributed by atoms with Crippen LogP contribution in [0.2, 0.25) is 0 Å². The monoisotopic (exact) mass is 352 g/mol. The van der Waals surface area contributed by atoms with Gasteiger partial charge in [-0.05, 0) is 41.8 Å². The van der Waals surface area contributed by atoms with E-state index in [4.69, 9.17) is 14.6 Å². The highest BCUT2D eigenvalue weighted by atomic mass is 16.5. The summed E-state index contributed by atoms with van der Waals surface area (Å²) in [6, 6.07) is 12.7. The van der Waals surface area contributed by atoms with Gasteiger partial charge in [0.15, 0.2) is 11.5 Å². The minimum Gasteiger partial charge on any atom is -0.493 e. The second-order valence-corrected chi connectivity index (χ2v) is 6.14. The van der Waals surface area contributed by atoms with Crippen molar-refractivity contribution in [2.24, 2.45) is 9.98 Å². The van der Waals surface area contributed by atoms with Gasteiger partial charge in [0.05, 0.1) is 31.7 Å². The lowest BCUT2D eigenvalue weighted by atomic mass is 9.76.